The topological polar surface area (TPSA) is 107 Å². The van der Waals surface area contributed by atoms with Crippen LogP contribution in [-0.4, -0.2) is 63.4 Å². The standard InChI is InChI=1S/C13H21N3O5/c1-5-8(2)15(7-10(18)19)9(17)6-16-11(20)13(3,4)14-12(16)21/h8H,5-7H2,1-4H3,(H,14,21)(H,18,19)/t8-/m1/s1. The Labute approximate surface area is 123 Å². The minimum absolute atomic E-state index is 0.289. The third-order valence-electron chi connectivity index (χ3n) is 3.49. The van der Waals surface area contributed by atoms with Gasteiger partial charge in [-0.25, -0.2) is 4.79 Å². The lowest BCUT2D eigenvalue weighted by atomic mass is 10.1. The molecule has 21 heavy (non-hydrogen) atoms. The van der Waals surface area contributed by atoms with E-state index in [0.717, 1.165) is 9.80 Å². The van der Waals surface area contributed by atoms with E-state index in [-0.39, 0.29) is 6.04 Å². The molecule has 1 saturated heterocycles. The summed E-state index contributed by atoms with van der Waals surface area (Å²) in [6, 6.07) is -0.930. The molecule has 0 saturated carbocycles. The Balaban J connectivity index is 2.84. The predicted octanol–water partition coefficient (Wildman–Crippen LogP) is 0.0285. The van der Waals surface area contributed by atoms with Gasteiger partial charge in [-0.2, -0.15) is 0 Å². The first-order valence-corrected chi connectivity index (χ1v) is 6.75. The fourth-order valence-corrected chi connectivity index (χ4v) is 2.04. The van der Waals surface area contributed by atoms with Crippen LogP contribution in [0, 0.1) is 0 Å². The van der Waals surface area contributed by atoms with E-state index in [9.17, 15) is 19.2 Å². The van der Waals surface area contributed by atoms with Crippen molar-refractivity contribution in [1.82, 2.24) is 15.1 Å². The number of urea groups is 1. The maximum atomic E-state index is 12.2. The monoisotopic (exact) mass is 299 g/mol. The number of nitrogens with one attached hydrogen (secondary N) is 1. The van der Waals surface area contributed by atoms with Gasteiger partial charge in [0, 0.05) is 6.04 Å². The zero-order chi connectivity index (χ0) is 16.4. The van der Waals surface area contributed by atoms with Gasteiger partial charge in [0.25, 0.3) is 5.91 Å². The lowest BCUT2D eigenvalue weighted by molar-refractivity contribution is -0.147. The van der Waals surface area contributed by atoms with Crippen LogP contribution in [0.5, 0.6) is 0 Å². The summed E-state index contributed by atoms with van der Waals surface area (Å²) in [7, 11) is 0. The summed E-state index contributed by atoms with van der Waals surface area (Å²) in [4.78, 5) is 48.8. The fraction of sp³-hybridized carbons (Fsp3) is 0.692. The quantitative estimate of drug-likeness (QED) is 0.673. The number of carbonyl (C=O) groups excluding carboxylic acids is 3. The highest BCUT2D eigenvalue weighted by molar-refractivity contribution is 6.08. The second-order valence-corrected chi connectivity index (χ2v) is 5.62. The molecule has 1 aliphatic rings. The number of imide groups is 1. The van der Waals surface area contributed by atoms with Gasteiger partial charge in [-0.15, -0.1) is 0 Å². The van der Waals surface area contributed by atoms with Crippen molar-refractivity contribution in [2.75, 3.05) is 13.1 Å². The molecule has 0 aromatic heterocycles. The van der Waals surface area contributed by atoms with Gasteiger partial charge in [0.1, 0.15) is 18.6 Å². The summed E-state index contributed by atoms with van der Waals surface area (Å²) < 4.78 is 0. The fourth-order valence-electron chi connectivity index (χ4n) is 2.04. The van der Waals surface area contributed by atoms with Crippen LogP contribution in [0.1, 0.15) is 34.1 Å². The molecular formula is C13H21N3O5. The molecule has 1 heterocycles. The van der Waals surface area contributed by atoms with E-state index in [2.05, 4.69) is 5.32 Å². The number of hydrogen-bond donors (Lipinski definition) is 2. The molecule has 1 rings (SSSR count). The van der Waals surface area contributed by atoms with Crippen molar-refractivity contribution in [2.24, 2.45) is 0 Å². The first kappa shape index (κ1) is 16.9. The highest BCUT2D eigenvalue weighted by atomic mass is 16.4. The van der Waals surface area contributed by atoms with Gasteiger partial charge >= 0.3 is 12.0 Å². The smallest absolute Gasteiger partial charge is 0.325 e. The summed E-state index contributed by atoms with van der Waals surface area (Å²) in [6.07, 6.45) is 0.574. The zero-order valence-electron chi connectivity index (χ0n) is 12.7. The van der Waals surface area contributed by atoms with E-state index in [1.807, 2.05) is 6.92 Å². The number of aliphatic carboxylic acids is 1. The van der Waals surface area contributed by atoms with Gasteiger partial charge in [-0.1, -0.05) is 6.92 Å². The van der Waals surface area contributed by atoms with E-state index in [1.54, 1.807) is 20.8 Å². The average Bonchev–Trinajstić information content (AvgIpc) is 2.57. The van der Waals surface area contributed by atoms with Crippen LogP contribution >= 0.6 is 0 Å². The van der Waals surface area contributed by atoms with Crippen molar-refractivity contribution in [3.05, 3.63) is 0 Å². The summed E-state index contributed by atoms with van der Waals surface area (Å²) in [5.41, 5.74) is -1.05. The molecule has 4 amide bonds. The molecule has 1 fully saturated rings. The molecule has 1 aliphatic heterocycles. The minimum Gasteiger partial charge on any atom is -0.480 e. The van der Waals surface area contributed by atoms with Crippen molar-refractivity contribution in [2.45, 2.75) is 45.7 Å². The van der Waals surface area contributed by atoms with Gasteiger partial charge in [0.15, 0.2) is 0 Å². The van der Waals surface area contributed by atoms with Crippen LogP contribution in [0.2, 0.25) is 0 Å². The van der Waals surface area contributed by atoms with E-state index in [4.69, 9.17) is 5.11 Å². The summed E-state index contributed by atoms with van der Waals surface area (Å²) >= 11 is 0. The number of nitrogens with zero attached hydrogens (tertiary/aromatic N) is 2. The lowest BCUT2D eigenvalue weighted by Crippen LogP contribution is -2.48. The van der Waals surface area contributed by atoms with Gasteiger partial charge in [0.2, 0.25) is 5.91 Å². The van der Waals surface area contributed by atoms with Gasteiger partial charge < -0.3 is 15.3 Å². The second-order valence-electron chi connectivity index (χ2n) is 5.62. The number of amides is 4. The average molecular weight is 299 g/mol. The number of carbonyl (C=O) groups is 4. The Kier molecular flexibility index (Phi) is 4.93. The maximum absolute atomic E-state index is 12.2. The second kappa shape index (κ2) is 6.11. The van der Waals surface area contributed by atoms with Crippen LogP contribution in [0.4, 0.5) is 4.79 Å². The van der Waals surface area contributed by atoms with E-state index >= 15 is 0 Å². The Morgan fingerprint density at radius 1 is 1.38 bits per heavy atom. The van der Waals surface area contributed by atoms with Crippen molar-refractivity contribution in [3.63, 3.8) is 0 Å². The zero-order valence-corrected chi connectivity index (χ0v) is 12.7. The van der Waals surface area contributed by atoms with Gasteiger partial charge in [0.05, 0.1) is 0 Å². The molecule has 8 nitrogen and oxygen atoms in total. The van der Waals surface area contributed by atoms with E-state index in [0.29, 0.717) is 6.42 Å². The van der Waals surface area contributed by atoms with E-state index < -0.39 is 42.4 Å². The van der Waals surface area contributed by atoms with E-state index in [1.165, 1.54) is 0 Å². The third kappa shape index (κ3) is 3.71. The summed E-state index contributed by atoms with van der Waals surface area (Å²) in [5, 5.41) is 11.3. The predicted molar refractivity (Wildman–Crippen MR) is 73.4 cm³/mol. The molecule has 2 N–H and O–H groups in total. The van der Waals surface area contributed by atoms with Gasteiger partial charge in [-0.3, -0.25) is 19.3 Å². The number of carboxylic acid groups (broad SMARTS) is 1. The van der Waals surface area contributed by atoms with Crippen molar-refractivity contribution < 1.29 is 24.3 Å². The normalized spacial score (nSPS) is 18.4. The minimum atomic E-state index is -1.14. The lowest BCUT2D eigenvalue weighted by Gasteiger charge is -2.28. The Bertz CT molecular complexity index is 474. The van der Waals surface area contributed by atoms with Crippen LogP contribution in [-0.2, 0) is 14.4 Å². The molecule has 1 atom stereocenters. The molecule has 0 bridgehead atoms. The van der Waals surface area contributed by atoms with Crippen LogP contribution in [0.3, 0.4) is 0 Å². The highest BCUT2D eigenvalue weighted by Crippen LogP contribution is 2.17. The molecule has 118 valence electrons. The number of rotatable bonds is 6. The molecule has 0 spiro atoms. The highest BCUT2D eigenvalue weighted by Gasteiger charge is 2.45. The largest absolute Gasteiger partial charge is 0.480 e. The molecule has 0 radical (unpaired) electrons. The SMILES string of the molecule is CC[C@@H](C)N(CC(=O)O)C(=O)CN1C(=O)NC(C)(C)C1=O. The first-order chi connectivity index (χ1) is 9.60. The molecular weight excluding hydrogens is 278 g/mol. The molecule has 0 aliphatic carbocycles. The summed E-state index contributed by atoms with van der Waals surface area (Å²) in [6.45, 7) is 5.72. The Hall–Kier alpha value is -2.12. The number of hydrogen-bond acceptors (Lipinski definition) is 4. The van der Waals surface area contributed by atoms with Crippen LogP contribution in [0.15, 0.2) is 0 Å². The maximum Gasteiger partial charge on any atom is 0.325 e. The first-order valence-electron chi connectivity index (χ1n) is 6.75. The van der Waals surface area contributed by atoms with Crippen LogP contribution in [0.25, 0.3) is 0 Å². The molecule has 8 heteroatoms. The third-order valence-corrected chi connectivity index (χ3v) is 3.49. The molecule has 0 unspecified atom stereocenters. The Morgan fingerprint density at radius 3 is 2.33 bits per heavy atom. The van der Waals surface area contributed by atoms with Gasteiger partial charge in [-0.05, 0) is 27.2 Å². The van der Waals surface area contributed by atoms with Crippen LogP contribution < -0.4 is 5.32 Å². The molecule has 0 aromatic rings. The molecule has 0 aromatic carbocycles. The number of carboxylic acids is 1. The van der Waals surface area contributed by atoms with Crippen molar-refractivity contribution >= 4 is 23.8 Å². The Morgan fingerprint density at radius 2 is 1.95 bits per heavy atom. The van der Waals surface area contributed by atoms with Crippen molar-refractivity contribution in [3.8, 4) is 0 Å². The summed E-state index contributed by atoms with van der Waals surface area (Å²) in [5.74, 6) is -2.20. The van der Waals surface area contributed by atoms with Crippen molar-refractivity contribution in [1.29, 1.82) is 0 Å².